The highest BCUT2D eigenvalue weighted by atomic mass is 79.9. The van der Waals surface area contributed by atoms with E-state index < -0.39 is 0 Å². The molecule has 0 aromatic heterocycles. The summed E-state index contributed by atoms with van der Waals surface area (Å²) in [6, 6.07) is 28.5. The fraction of sp³-hybridized carbons (Fsp3) is 0. The molecule has 0 spiro atoms. The summed E-state index contributed by atoms with van der Waals surface area (Å²) < 4.78 is 1.10. The third-order valence-electron chi connectivity index (χ3n) is 3.33. The van der Waals surface area contributed by atoms with Gasteiger partial charge in [0.2, 0.25) is 0 Å². The van der Waals surface area contributed by atoms with Crippen LogP contribution in [0.5, 0.6) is 0 Å². The van der Waals surface area contributed by atoms with Crippen molar-refractivity contribution in [3.8, 4) is 0 Å². The third-order valence-corrected chi connectivity index (χ3v) is 5.17. The third kappa shape index (κ3) is 4.70. The largest absolute Gasteiger partial charge is 0.248 e. The van der Waals surface area contributed by atoms with Crippen LogP contribution in [-0.2, 0) is 0 Å². The summed E-state index contributed by atoms with van der Waals surface area (Å²) in [4.78, 5) is 5.97. The highest BCUT2D eigenvalue weighted by Crippen LogP contribution is 2.28. The topological polar surface area (TPSA) is 12.4 Å². The molecule has 0 saturated carbocycles. The van der Waals surface area contributed by atoms with Crippen molar-refractivity contribution in [1.29, 1.82) is 0 Å². The number of para-hydroxylation sites is 1. The summed E-state index contributed by atoms with van der Waals surface area (Å²) in [5, 5.41) is 2.08. The molecule has 1 nitrogen and oxygen atoms in total. The van der Waals surface area contributed by atoms with Gasteiger partial charge in [-0.05, 0) is 51.7 Å². The van der Waals surface area contributed by atoms with Crippen LogP contribution in [0.25, 0.3) is 0 Å². The van der Waals surface area contributed by atoms with E-state index in [-0.39, 0.29) is 0 Å². The number of thioether (sulfide) groups is 1. The minimum absolute atomic E-state index is 0.946. The Hall–Kier alpha value is -2.10. The highest BCUT2D eigenvalue weighted by molar-refractivity contribution is 9.10. The zero-order valence-corrected chi connectivity index (χ0v) is 15.4. The predicted molar refractivity (Wildman–Crippen MR) is 108 cm³/mol. The number of hydrogen-bond donors (Lipinski definition) is 0. The van der Waals surface area contributed by atoms with Crippen molar-refractivity contribution < 1.29 is 0 Å². The molecule has 0 fully saturated rings. The molecule has 0 radical (unpaired) electrons. The second-order valence-electron chi connectivity index (χ2n) is 5.05. The van der Waals surface area contributed by atoms with E-state index in [1.54, 1.807) is 11.8 Å². The van der Waals surface area contributed by atoms with Crippen molar-refractivity contribution in [3.63, 3.8) is 0 Å². The van der Waals surface area contributed by atoms with Gasteiger partial charge in [0.1, 0.15) is 0 Å². The Labute approximate surface area is 155 Å². The number of hydrogen-bond acceptors (Lipinski definition) is 2. The Kier molecular flexibility index (Phi) is 6.05. The number of aliphatic imine (C=N–C) groups is 1. The molecule has 0 atom stereocenters. The van der Waals surface area contributed by atoms with E-state index in [0.29, 0.717) is 0 Å². The van der Waals surface area contributed by atoms with Gasteiger partial charge < -0.3 is 0 Å². The number of halogens is 1. The summed E-state index contributed by atoms with van der Waals surface area (Å²) >= 11 is 5.25. The van der Waals surface area contributed by atoms with Crippen LogP contribution >= 0.6 is 27.7 Å². The van der Waals surface area contributed by atoms with Gasteiger partial charge in [-0.3, -0.25) is 0 Å². The molecule has 0 unspecified atom stereocenters. The summed E-state index contributed by atoms with van der Waals surface area (Å²) in [5.41, 5.74) is 3.00. The number of benzene rings is 3. The average molecular weight is 394 g/mol. The highest BCUT2D eigenvalue weighted by Gasteiger charge is 2.01. The number of nitrogens with zero attached hydrogens (tertiary/aromatic N) is 1. The predicted octanol–water partition coefficient (Wildman–Crippen LogP) is 6.88. The lowest BCUT2D eigenvalue weighted by Gasteiger charge is -2.03. The van der Waals surface area contributed by atoms with Gasteiger partial charge in [-0.1, -0.05) is 72.4 Å². The summed E-state index contributed by atoms with van der Waals surface area (Å²) in [5.74, 6) is 0. The standard InChI is InChI=1S/C21H16BrNS/c22-19-13-7-8-14-21(19)24-16-15-20(17-9-3-1-4-10-17)23-18-11-5-2-6-12-18/h1-16H. The first kappa shape index (κ1) is 16.7. The van der Waals surface area contributed by atoms with Crippen molar-refractivity contribution in [2.24, 2.45) is 4.99 Å². The Balaban J connectivity index is 1.87. The smallest absolute Gasteiger partial charge is 0.0714 e. The summed E-state index contributed by atoms with van der Waals surface area (Å²) in [6.45, 7) is 0. The van der Waals surface area contributed by atoms with Crippen LogP contribution in [0.3, 0.4) is 0 Å². The molecule has 118 valence electrons. The minimum Gasteiger partial charge on any atom is -0.248 e. The molecule has 0 aliphatic carbocycles. The van der Waals surface area contributed by atoms with Crippen LogP contribution in [0.1, 0.15) is 5.56 Å². The zero-order valence-electron chi connectivity index (χ0n) is 13.0. The molecule has 0 N–H and O–H groups in total. The first-order valence-corrected chi connectivity index (χ1v) is 9.27. The van der Waals surface area contributed by atoms with Gasteiger partial charge in [0.15, 0.2) is 0 Å². The van der Waals surface area contributed by atoms with Crippen LogP contribution in [0.2, 0.25) is 0 Å². The molecular weight excluding hydrogens is 378 g/mol. The van der Waals surface area contributed by atoms with E-state index in [2.05, 4.69) is 45.6 Å². The van der Waals surface area contributed by atoms with E-state index in [1.165, 1.54) is 4.90 Å². The van der Waals surface area contributed by atoms with Gasteiger partial charge in [0.25, 0.3) is 0 Å². The van der Waals surface area contributed by atoms with Gasteiger partial charge in [-0.2, -0.15) is 0 Å². The van der Waals surface area contributed by atoms with Gasteiger partial charge in [0.05, 0.1) is 11.4 Å². The van der Waals surface area contributed by atoms with Gasteiger partial charge >= 0.3 is 0 Å². The molecule has 3 rings (SSSR count). The first-order valence-electron chi connectivity index (χ1n) is 7.60. The van der Waals surface area contributed by atoms with Crippen molar-refractivity contribution in [2.45, 2.75) is 4.90 Å². The summed E-state index contributed by atoms with van der Waals surface area (Å²) in [6.07, 6.45) is 2.06. The molecule has 24 heavy (non-hydrogen) atoms. The molecule has 0 amide bonds. The van der Waals surface area contributed by atoms with Crippen LogP contribution < -0.4 is 0 Å². The maximum Gasteiger partial charge on any atom is 0.0714 e. The lowest BCUT2D eigenvalue weighted by Crippen LogP contribution is -1.95. The lowest BCUT2D eigenvalue weighted by molar-refractivity contribution is 1.42. The average Bonchev–Trinajstić information content (AvgIpc) is 2.64. The molecule has 0 saturated heterocycles. The quantitative estimate of drug-likeness (QED) is 0.340. The molecule has 0 aliphatic heterocycles. The fourth-order valence-corrected chi connectivity index (χ4v) is 3.41. The van der Waals surface area contributed by atoms with Crippen molar-refractivity contribution in [1.82, 2.24) is 0 Å². The second-order valence-corrected chi connectivity index (χ2v) is 6.85. The Morgan fingerprint density at radius 3 is 2.12 bits per heavy atom. The summed E-state index contributed by atoms with van der Waals surface area (Å²) in [7, 11) is 0. The second kappa shape index (κ2) is 8.67. The van der Waals surface area contributed by atoms with Crippen molar-refractivity contribution in [3.05, 3.63) is 106 Å². The van der Waals surface area contributed by atoms with E-state index >= 15 is 0 Å². The first-order chi connectivity index (χ1) is 11.8. The van der Waals surface area contributed by atoms with Crippen LogP contribution in [0.15, 0.2) is 111 Å². The van der Waals surface area contributed by atoms with E-state index in [0.717, 1.165) is 21.4 Å². The molecule has 0 aliphatic rings. The maximum atomic E-state index is 4.79. The Bertz CT molecular complexity index is 842. The van der Waals surface area contributed by atoms with Gasteiger partial charge in [-0.25, -0.2) is 4.99 Å². The maximum absolute atomic E-state index is 4.79. The molecular formula is C21H16BrNS. The molecule has 3 aromatic carbocycles. The molecule has 0 heterocycles. The van der Waals surface area contributed by atoms with E-state index in [1.807, 2.05) is 66.7 Å². The van der Waals surface area contributed by atoms with Crippen LogP contribution in [0, 0.1) is 0 Å². The van der Waals surface area contributed by atoms with E-state index in [4.69, 9.17) is 4.99 Å². The van der Waals surface area contributed by atoms with Crippen molar-refractivity contribution >= 4 is 39.1 Å². The molecule has 0 bridgehead atoms. The van der Waals surface area contributed by atoms with Crippen LogP contribution in [0.4, 0.5) is 5.69 Å². The van der Waals surface area contributed by atoms with Gasteiger partial charge in [-0.15, -0.1) is 0 Å². The Morgan fingerprint density at radius 1 is 0.792 bits per heavy atom. The van der Waals surface area contributed by atoms with Crippen LogP contribution in [-0.4, -0.2) is 5.71 Å². The Morgan fingerprint density at radius 2 is 1.42 bits per heavy atom. The minimum atomic E-state index is 0.946. The van der Waals surface area contributed by atoms with E-state index in [9.17, 15) is 0 Å². The normalized spacial score (nSPS) is 11.8. The molecule has 3 aromatic rings. The monoisotopic (exact) mass is 393 g/mol. The lowest BCUT2D eigenvalue weighted by atomic mass is 10.1. The van der Waals surface area contributed by atoms with Gasteiger partial charge in [0, 0.05) is 14.9 Å². The SMILES string of the molecule is Brc1ccccc1SC=CC(=Nc1ccccc1)c1ccccc1. The zero-order chi connectivity index (χ0) is 16.6. The van der Waals surface area contributed by atoms with Crippen molar-refractivity contribution in [2.75, 3.05) is 0 Å². The molecule has 3 heteroatoms. The number of rotatable bonds is 5. The number of allylic oxidation sites excluding steroid dienone is 1. The fourth-order valence-electron chi connectivity index (χ4n) is 2.16.